The molecule has 1 N–H and O–H groups in total. The van der Waals surface area contributed by atoms with E-state index in [1.54, 1.807) is 49.4 Å². The van der Waals surface area contributed by atoms with E-state index < -0.39 is 6.10 Å². The first-order chi connectivity index (χ1) is 11.0. The molecule has 5 heteroatoms. The Bertz CT molecular complexity index is 882. The SMILES string of the molecule is CC(O)COc1ccc(-c2cc(=O)c3cccc(Cl)c3o2)cc1. The zero-order valence-corrected chi connectivity index (χ0v) is 13.2. The Morgan fingerprint density at radius 2 is 1.96 bits per heavy atom. The standard InChI is InChI=1S/C18H15ClO4/c1-11(20)10-22-13-7-5-12(6-8-13)17-9-16(21)14-3-2-4-15(19)18(14)23-17/h2-9,11,20H,10H2,1H3. The molecular weight excluding hydrogens is 316 g/mol. The van der Waals surface area contributed by atoms with Crippen LogP contribution in [0, 0.1) is 0 Å². The Morgan fingerprint density at radius 3 is 2.65 bits per heavy atom. The number of benzene rings is 2. The lowest BCUT2D eigenvalue weighted by molar-refractivity contribution is 0.123. The minimum Gasteiger partial charge on any atom is -0.491 e. The van der Waals surface area contributed by atoms with Gasteiger partial charge in [-0.1, -0.05) is 17.7 Å². The summed E-state index contributed by atoms with van der Waals surface area (Å²) in [4.78, 5) is 12.2. The summed E-state index contributed by atoms with van der Waals surface area (Å²) in [6.45, 7) is 1.88. The van der Waals surface area contributed by atoms with Crippen LogP contribution in [0.1, 0.15) is 6.92 Å². The summed E-state index contributed by atoms with van der Waals surface area (Å²) in [5.41, 5.74) is 0.984. The number of ether oxygens (including phenoxy) is 1. The Kier molecular flexibility index (Phi) is 4.37. The molecule has 2 aromatic carbocycles. The summed E-state index contributed by atoms with van der Waals surface area (Å²) in [6, 6.07) is 13.6. The van der Waals surface area contributed by atoms with E-state index in [0.29, 0.717) is 27.5 Å². The summed E-state index contributed by atoms with van der Waals surface area (Å²) in [7, 11) is 0. The lowest BCUT2D eigenvalue weighted by Crippen LogP contribution is -2.12. The molecule has 1 heterocycles. The molecule has 0 aliphatic rings. The van der Waals surface area contributed by atoms with Crippen molar-refractivity contribution in [3.8, 4) is 17.1 Å². The van der Waals surface area contributed by atoms with Gasteiger partial charge in [0.25, 0.3) is 0 Å². The van der Waals surface area contributed by atoms with E-state index in [4.69, 9.17) is 20.8 Å². The highest BCUT2D eigenvalue weighted by molar-refractivity contribution is 6.34. The maximum absolute atomic E-state index is 12.2. The first-order valence-electron chi connectivity index (χ1n) is 7.18. The van der Waals surface area contributed by atoms with Crippen molar-refractivity contribution in [2.45, 2.75) is 13.0 Å². The van der Waals surface area contributed by atoms with E-state index >= 15 is 0 Å². The molecule has 3 aromatic rings. The largest absolute Gasteiger partial charge is 0.491 e. The molecule has 1 aromatic heterocycles. The highest BCUT2D eigenvalue weighted by atomic mass is 35.5. The molecule has 118 valence electrons. The topological polar surface area (TPSA) is 59.7 Å². The maximum atomic E-state index is 12.2. The van der Waals surface area contributed by atoms with Crippen LogP contribution in [0.25, 0.3) is 22.3 Å². The van der Waals surface area contributed by atoms with Crippen molar-refractivity contribution in [3.63, 3.8) is 0 Å². The average molecular weight is 331 g/mol. The van der Waals surface area contributed by atoms with Crippen LogP contribution in [0.4, 0.5) is 0 Å². The fourth-order valence-corrected chi connectivity index (χ4v) is 2.43. The highest BCUT2D eigenvalue weighted by Gasteiger charge is 2.09. The number of hydrogen-bond donors (Lipinski definition) is 1. The van der Waals surface area contributed by atoms with E-state index in [1.165, 1.54) is 6.07 Å². The van der Waals surface area contributed by atoms with Crippen molar-refractivity contribution in [3.05, 3.63) is 63.8 Å². The average Bonchev–Trinajstić information content (AvgIpc) is 2.54. The molecule has 0 saturated carbocycles. The quantitative estimate of drug-likeness (QED) is 0.788. The lowest BCUT2D eigenvalue weighted by Gasteiger charge is -2.09. The van der Waals surface area contributed by atoms with Gasteiger partial charge >= 0.3 is 0 Å². The minimum absolute atomic E-state index is 0.141. The molecule has 0 amide bonds. The highest BCUT2D eigenvalue weighted by Crippen LogP contribution is 2.27. The van der Waals surface area contributed by atoms with Gasteiger partial charge < -0.3 is 14.3 Å². The van der Waals surface area contributed by atoms with Crippen LogP contribution < -0.4 is 10.2 Å². The van der Waals surface area contributed by atoms with Gasteiger partial charge in [-0.25, -0.2) is 0 Å². The lowest BCUT2D eigenvalue weighted by atomic mass is 10.1. The van der Waals surface area contributed by atoms with Crippen molar-refractivity contribution < 1.29 is 14.3 Å². The van der Waals surface area contributed by atoms with E-state index in [0.717, 1.165) is 5.56 Å². The van der Waals surface area contributed by atoms with Gasteiger partial charge in [-0.05, 0) is 43.3 Å². The molecule has 0 saturated heterocycles. The second-order valence-corrected chi connectivity index (χ2v) is 5.68. The van der Waals surface area contributed by atoms with Crippen molar-refractivity contribution >= 4 is 22.6 Å². The van der Waals surface area contributed by atoms with Gasteiger partial charge in [0.2, 0.25) is 0 Å². The van der Waals surface area contributed by atoms with Gasteiger partial charge in [0.05, 0.1) is 16.5 Å². The van der Waals surface area contributed by atoms with E-state index in [1.807, 2.05) is 0 Å². The Labute approximate surface area is 137 Å². The van der Waals surface area contributed by atoms with Crippen molar-refractivity contribution in [1.82, 2.24) is 0 Å². The molecule has 3 rings (SSSR count). The van der Waals surface area contributed by atoms with Gasteiger partial charge in [0, 0.05) is 11.6 Å². The third-order valence-electron chi connectivity index (χ3n) is 3.34. The summed E-state index contributed by atoms with van der Waals surface area (Å²) in [5.74, 6) is 1.08. The van der Waals surface area contributed by atoms with Gasteiger partial charge in [-0.2, -0.15) is 0 Å². The molecule has 0 aliphatic heterocycles. The second-order valence-electron chi connectivity index (χ2n) is 5.28. The Hall–Kier alpha value is -2.30. The number of fused-ring (bicyclic) bond motifs is 1. The fraction of sp³-hybridized carbons (Fsp3) is 0.167. The predicted molar refractivity (Wildman–Crippen MR) is 90.1 cm³/mol. The number of rotatable bonds is 4. The zero-order valence-electron chi connectivity index (χ0n) is 12.5. The van der Waals surface area contributed by atoms with Gasteiger partial charge in [-0.15, -0.1) is 0 Å². The van der Waals surface area contributed by atoms with Crippen LogP contribution in [0.3, 0.4) is 0 Å². The van der Waals surface area contributed by atoms with E-state index in [2.05, 4.69) is 0 Å². The van der Waals surface area contributed by atoms with Crippen molar-refractivity contribution in [2.75, 3.05) is 6.61 Å². The predicted octanol–water partition coefficient (Wildman–Crippen LogP) is 3.87. The Balaban J connectivity index is 1.97. The number of para-hydroxylation sites is 1. The summed E-state index contributed by atoms with van der Waals surface area (Å²) >= 11 is 6.11. The van der Waals surface area contributed by atoms with Gasteiger partial charge in [-0.3, -0.25) is 4.79 Å². The van der Waals surface area contributed by atoms with Gasteiger partial charge in [0.15, 0.2) is 11.0 Å². The molecule has 1 atom stereocenters. The summed E-state index contributed by atoms with van der Waals surface area (Å²) in [6.07, 6.45) is -0.532. The molecule has 0 aliphatic carbocycles. The third-order valence-corrected chi connectivity index (χ3v) is 3.63. The molecule has 0 bridgehead atoms. The van der Waals surface area contributed by atoms with Crippen molar-refractivity contribution in [2.24, 2.45) is 0 Å². The van der Waals surface area contributed by atoms with E-state index in [-0.39, 0.29) is 12.0 Å². The molecule has 4 nitrogen and oxygen atoms in total. The van der Waals surface area contributed by atoms with Crippen LogP contribution in [0.2, 0.25) is 5.02 Å². The maximum Gasteiger partial charge on any atom is 0.193 e. The first-order valence-corrected chi connectivity index (χ1v) is 7.56. The van der Waals surface area contributed by atoms with Gasteiger partial charge in [0.1, 0.15) is 18.1 Å². The molecule has 0 fully saturated rings. The zero-order chi connectivity index (χ0) is 16.4. The number of hydrogen-bond acceptors (Lipinski definition) is 4. The second kappa shape index (κ2) is 6.44. The molecular formula is C18H15ClO4. The summed E-state index contributed by atoms with van der Waals surface area (Å²) in [5, 5.41) is 10.1. The molecule has 0 spiro atoms. The third kappa shape index (κ3) is 3.38. The molecule has 0 radical (unpaired) electrons. The normalized spacial score (nSPS) is 12.3. The minimum atomic E-state index is -0.532. The molecule has 1 unspecified atom stereocenters. The smallest absolute Gasteiger partial charge is 0.193 e. The van der Waals surface area contributed by atoms with E-state index in [9.17, 15) is 9.90 Å². The van der Waals surface area contributed by atoms with Crippen LogP contribution in [0.15, 0.2) is 57.7 Å². The first kappa shape index (κ1) is 15.6. The summed E-state index contributed by atoms with van der Waals surface area (Å²) < 4.78 is 11.2. The monoisotopic (exact) mass is 330 g/mol. The fourth-order valence-electron chi connectivity index (χ4n) is 2.22. The van der Waals surface area contributed by atoms with Crippen LogP contribution in [-0.2, 0) is 0 Å². The Morgan fingerprint density at radius 1 is 1.22 bits per heavy atom. The van der Waals surface area contributed by atoms with Crippen LogP contribution in [-0.4, -0.2) is 17.8 Å². The number of aliphatic hydroxyl groups excluding tert-OH is 1. The number of aliphatic hydroxyl groups is 1. The van der Waals surface area contributed by atoms with Crippen molar-refractivity contribution in [1.29, 1.82) is 0 Å². The van der Waals surface area contributed by atoms with Crippen LogP contribution in [0.5, 0.6) is 5.75 Å². The van der Waals surface area contributed by atoms with Crippen LogP contribution >= 0.6 is 11.6 Å². The molecule has 23 heavy (non-hydrogen) atoms. The number of halogens is 1.